The SMILES string of the molecule is COc1cccc(C(=O)N2CC(N3CCNCC3)C2)c1. The average Bonchev–Trinajstić information content (AvgIpc) is 2.47. The van der Waals surface area contributed by atoms with Gasteiger partial charge in [0.2, 0.25) is 0 Å². The van der Waals surface area contributed by atoms with Crippen molar-refractivity contribution in [2.24, 2.45) is 0 Å². The number of rotatable bonds is 3. The molecule has 0 aliphatic carbocycles. The van der Waals surface area contributed by atoms with E-state index in [9.17, 15) is 4.79 Å². The number of carbonyl (C=O) groups excluding carboxylic acids is 1. The van der Waals surface area contributed by atoms with E-state index in [1.165, 1.54) is 0 Å². The summed E-state index contributed by atoms with van der Waals surface area (Å²) >= 11 is 0. The molecular formula is C15H21N3O2. The summed E-state index contributed by atoms with van der Waals surface area (Å²) < 4.78 is 5.17. The van der Waals surface area contributed by atoms with Crippen molar-refractivity contribution in [2.45, 2.75) is 6.04 Å². The Bertz CT molecular complexity index is 480. The molecule has 2 heterocycles. The number of nitrogens with one attached hydrogen (secondary N) is 1. The van der Waals surface area contributed by atoms with Crippen LogP contribution in [0.5, 0.6) is 5.75 Å². The number of methoxy groups -OCH3 is 1. The van der Waals surface area contributed by atoms with Crippen LogP contribution in [0.2, 0.25) is 0 Å². The molecule has 1 aromatic carbocycles. The molecular weight excluding hydrogens is 254 g/mol. The topological polar surface area (TPSA) is 44.8 Å². The second kappa shape index (κ2) is 5.81. The van der Waals surface area contributed by atoms with Gasteiger partial charge in [0.25, 0.3) is 5.91 Å². The van der Waals surface area contributed by atoms with Crippen LogP contribution in [0.1, 0.15) is 10.4 Å². The highest BCUT2D eigenvalue weighted by Gasteiger charge is 2.35. The monoisotopic (exact) mass is 275 g/mol. The van der Waals surface area contributed by atoms with Gasteiger partial charge in [-0.05, 0) is 18.2 Å². The summed E-state index contributed by atoms with van der Waals surface area (Å²) in [5.41, 5.74) is 0.711. The number of piperazine rings is 1. The molecule has 1 N–H and O–H groups in total. The molecule has 5 nitrogen and oxygen atoms in total. The first-order valence-electron chi connectivity index (χ1n) is 7.16. The normalized spacial score (nSPS) is 20.6. The average molecular weight is 275 g/mol. The minimum absolute atomic E-state index is 0.107. The lowest BCUT2D eigenvalue weighted by Crippen LogP contribution is -2.63. The van der Waals surface area contributed by atoms with E-state index in [4.69, 9.17) is 4.74 Å². The first kappa shape index (κ1) is 13.4. The Morgan fingerprint density at radius 2 is 2.05 bits per heavy atom. The molecule has 1 amide bonds. The quantitative estimate of drug-likeness (QED) is 0.868. The van der Waals surface area contributed by atoms with Gasteiger partial charge in [0.1, 0.15) is 5.75 Å². The Morgan fingerprint density at radius 3 is 2.75 bits per heavy atom. The van der Waals surface area contributed by atoms with Gasteiger partial charge in [0.15, 0.2) is 0 Å². The number of benzene rings is 1. The van der Waals surface area contributed by atoms with Gasteiger partial charge in [-0.3, -0.25) is 9.69 Å². The summed E-state index contributed by atoms with van der Waals surface area (Å²) in [6, 6.07) is 7.91. The van der Waals surface area contributed by atoms with E-state index in [0.29, 0.717) is 11.6 Å². The van der Waals surface area contributed by atoms with Crippen molar-refractivity contribution in [1.82, 2.24) is 15.1 Å². The summed E-state index contributed by atoms with van der Waals surface area (Å²) in [5, 5.41) is 3.35. The molecule has 1 aromatic rings. The lowest BCUT2D eigenvalue weighted by molar-refractivity contribution is 0.0227. The Labute approximate surface area is 119 Å². The fraction of sp³-hybridized carbons (Fsp3) is 0.533. The largest absolute Gasteiger partial charge is 0.497 e. The molecule has 3 rings (SSSR count). The molecule has 0 bridgehead atoms. The van der Waals surface area contributed by atoms with Gasteiger partial charge in [-0.25, -0.2) is 0 Å². The Hall–Kier alpha value is -1.59. The number of hydrogen-bond donors (Lipinski definition) is 1. The van der Waals surface area contributed by atoms with Crippen LogP contribution >= 0.6 is 0 Å². The minimum Gasteiger partial charge on any atom is -0.497 e. The highest BCUT2D eigenvalue weighted by atomic mass is 16.5. The van der Waals surface area contributed by atoms with E-state index in [0.717, 1.165) is 45.0 Å². The second-order valence-electron chi connectivity index (χ2n) is 5.38. The fourth-order valence-electron chi connectivity index (χ4n) is 2.84. The molecule has 0 saturated carbocycles. The predicted octanol–water partition coefficient (Wildman–Crippen LogP) is 0.425. The molecule has 2 aliphatic heterocycles. The zero-order valence-electron chi connectivity index (χ0n) is 11.8. The van der Waals surface area contributed by atoms with E-state index in [2.05, 4.69) is 10.2 Å². The van der Waals surface area contributed by atoms with Gasteiger partial charge in [-0.15, -0.1) is 0 Å². The number of nitrogens with zero attached hydrogens (tertiary/aromatic N) is 2. The lowest BCUT2D eigenvalue weighted by Gasteiger charge is -2.46. The van der Waals surface area contributed by atoms with Crippen LogP contribution in [0.25, 0.3) is 0 Å². The molecule has 2 aliphatic rings. The molecule has 0 radical (unpaired) electrons. The van der Waals surface area contributed by atoms with Crippen molar-refractivity contribution in [3.8, 4) is 5.75 Å². The molecule has 20 heavy (non-hydrogen) atoms. The van der Waals surface area contributed by atoms with Crippen LogP contribution in [0.4, 0.5) is 0 Å². The maximum Gasteiger partial charge on any atom is 0.254 e. The van der Waals surface area contributed by atoms with E-state index in [1.54, 1.807) is 13.2 Å². The Morgan fingerprint density at radius 1 is 1.30 bits per heavy atom. The van der Waals surface area contributed by atoms with E-state index in [1.807, 2.05) is 23.1 Å². The summed E-state index contributed by atoms with van der Waals surface area (Å²) in [4.78, 5) is 16.8. The third-order valence-electron chi connectivity index (χ3n) is 4.13. The zero-order valence-corrected chi connectivity index (χ0v) is 11.8. The molecule has 2 saturated heterocycles. The van der Waals surface area contributed by atoms with Gasteiger partial charge in [0.05, 0.1) is 7.11 Å². The molecule has 2 fully saturated rings. The van der Waals surface area contributed by atoms with Gasteiger partial charge in [-0.1, -0.05) is 6.07 Å². The maximum atomic E-state index is 12.4. The van der Waals surface area contributed by atoms with Crippen LogP contribution in [-0.2, 0) is 0 Å². The van der Waals surface area contributed by atoms with E-state index >= 15 is 0 Å². The van der Waals surface area contributed by atoms with Crippen molar-refractivity contribution in [3.63, 3.8) is 0 Å². The third-order valence-corrected chi connectivity index (χ3v) is 4.13. The zero-order chi connectivity index (χ0) is 13.9. The van der Waals surface area contributed by atoms with Crippen LogP contribution in [0.15, 0.2) is 24.3 Å². The maximum absolute atomic E-state index is 12.4. The van der Waals surface area contributed by atoms with Crippen LogP contribution in [-0.4, -0.2) is 68.1 Å². The van der Waals surface area contributed by atoms with Gasteiger partial charge in [0, 0.05) is 50.9 Å². The summed E-state index contributed by atoms with van der Waals surface area (Å²) in [5.74, 6) is 0.838. The highest BCUT2D eigenvalue weighted by Crippen LogP contribution is 2.20. The van der Waals surface area contributed by atoms with Crippen molar-refractivity contribution in [3.05, 3.63) is 29.8 Å². The minimum atomic E-state index is 0.107. The van der Waals surface area contributed by atoms with Crippen LogP contribution in [0.3, 0.4) is 0 Å². The van der Waals surface area contributed by atoms with Gasteiger partial charge >= 0.3 is 0 Å². The Balaban J connectivity index is 1.57. The molecule has 0 atom stereocenters. The molecule has 5 heteroatoms. The van der Waals surface area contributed by atoms with Crippen molar-refractivity contribution in [1.29, 1.82) is 0 Å². The number of likely N-dealkylation sites (tertiary alicyclic amines) is 1. The van der Waals surface area contributed by atoms with Crippen molar-refractivity contribution < 1.29 is 9.53 Å². The fourth-order valence-corrected chi connectivity index (χ4v) is 2.84. The smallest absolute Gasteiger partial charge is 0.254 e. The number of ether oxygens (including phenoxy) is 1. The summed E-state index contributed by atoms with van der Waals surface area (Å²) in [7, 11) is 1.62. The predicted molar refractivity (Wildman–Crippen MR) is 77.1 cm³/mol. The van der Waals surface area contributed by atoms with Crippen LogP contribution in [0, 0.1) is 0 Å². The van der Waals surface area contributed by atoms with Gasteiger partial charge in [-0.2, -0.15) is 0 Å². The Kier molecular flexibility index (Phi) is 3.89. The van der Waals surface area contributed by atoms with E-state index < -0.39 is 0 Å². The second-order valence-corrected chi connectivity index (χ2v) is 5.38. The summed E-state index contributed by atoms with van der Waals surface area (Å²) in [6.45, 7) is 5.98. The molecule has 0 spiro atoms. The molecule has 0 aromatic heterocycles. The van der Waals surface area contributed by atoms with Crippen LogP contribution < -0.4 is 10.1 Å². The molecule has 108 valence electrons. The number of amides is 1. The lowest BCUT2D eigenvalue weighted by atomic mass is 10.0. The van der Waals surface area contributed by atoms with E-state index in [-0.39, 0.29) is 5.91 Å². The van der Waals surface area contributed by atoms with Crippen molar-refractivity contribution in [2.75, 3.05) is 46.4 Å². The summed E-state index contributed by atoms with van der Waals surface area (Å²) in [6.07, 6.45) is 0. The van der Waals surface area contributed by atoms with Crippen molar-refractivity contribution >= 4 is 5.91 Å². The third kappa shape index (κ3) is 2.64. The standard InChI is InChI=1S/C15H21N3O2/c1-20-14-4-2-3-12(9-14)15(19)18-10-13(11-18)17-7-5-16-6-8-17/h2-4,9,13,16H,5-8,10-11H2,1H3. The first-order valence-corrected chi connectivity index (χ1v) is 7.16. The first-order chi connectivity index (χ1) is 9.78. The number of carbonyl (C=O) groups is 1. The van der Waals surface area contributed by atoms with Gasteiger partial charge < -0.3 is 15.0 Å². The number of hydrogen-bond acceptors (Lipinski definition) is 4. The molecule has 0 unspecified atom stereocenters. The highest BCUT2D eigenvalue weighted by molar-refractivity contribution is 5.95.